The van der Waals surface area contributed by atoms with Crippen LogP contribution in [0.3, 0.4) is 0 Å². The van der Waals surface area contributed by atoms with Gasteiger partial charge < -0.3 is 20.1 Å². The van der Waals surface area contributed by atoms with Crippen LogP contribution in [0.5, 0.6) is 5.75 Å². The highest BCUT2D eigenvalue weighted by molar-refractivity contribution is 6.29. The molecule has 1 amide bonds. The zero-order valence-corrected chi connectivity index (χ0v) is 16.0. The number of carbonyl (C=O) groups excluding carboxylic acids is 2. The van der Waals surface area contributed by atoms with E-state index in [2.05, 4.69) is 15.5 Å². The largest absolute Gasteiger partial charge is 0.494 e. The summed E-state index contributed by atoms with van der Waals surface area (Å²) in [5, 5.41) is 12.0. The molecule has 8 nitrogen and oxygen atoms in total. The summed E-state index contributed by atoms with van der Waals surface area (Å²) in [4.78, 5) is 24.8. The van der Waals surface area contributed by atoms with Crippen LogP contribution in [0.4, 0.5) is 11.4 Å². The van der Waals surface area contributed by atoms with Gasteiger partial charge in [-0.15, -0.1) is 10.2 Å². The molecule has 0 radical (unpaired) electrons. The van der Waals surface area contributed by atoms with Gasteiger partial charge in [0.05, 0.1) is 18.5 Å². The highest BCUT2D eigenvalue weighted by atomic mass is 35.5. The minimum absolute atomic E-state index is 0.0369. The Labute approximate surface area is 166 Å². The monoisotopic (exact) mass is 395 g/mol. The maximum atomic E-state index is 12.5. The minimum atomic E-state index is -2.72. The molecule has 9 heteroatoms. The Balaban J connectivity index is 2.46. The lowest BCUT2D eigenvalue weighted by molar-refractivity contribution is 0.00665. The molecular formula is C18H21ClN4O4. The predicted molar refractivity (Wildman–Crippen MR) is 102 cm³/mol. The molecule has 2 aromatic rings. The topological polar surface area (TPSA) is 102 Å². The van der Waals surface area contributed by atoms with Crippen LogP contribution in [0.1, 0.15) is 45.7 Å². The molecular weight excluding hydrogens is 372 g/mol. The number of nitrogens with zero attached hydrogens (tertiary/aromatic N) is 2. The number of ether oxygens (including phenoxy) is 2. The number of hydrogen-bond donors (Lipinski definition) is 2. The summed E-state index contributed by atoms with van der Waals surface area (Å²) in [5.41, 5.74) is -0.502. The Hall–Kier alpha value is -2.87. The van der Waals surface area contributed by atoms with Gasteiger partial charge in [-0.25, -0.2) is 4.79 Å². The molecule has 0 bridgehead atoms. The third kappa shape index (κ3) is 5.07. The number of halogens is 1. The third-order valence-corrected chi connectivity index (χ3v) is 3.38. The normalized spacial score (nSPS) is 13.0. The molecule has 0 spiro atoms. The molecule has 0 aliphatic carbocycles. The lowest BCUT2D eigenvalue weighted by Gasteiger charge is -2.21. The molecule has 1 aromatic carbocycles. The molecule has 0 aliphatic heterocycles. The lowest BCUT2D eigenvalue weighted by atomic mass is 10.1. The molecule has 144 valence electrons. The second-order valence-electron chi connectivity index (χ2n) is 6.40. The summed E-state index contributed by atoms with van der Waals surface area (Å²) in [6.45, 7) is 2.49. The summed E-state index contributed by atoms with van der Waals surface area (Å²) in [5.74, 6) is -1.43. The Morgan fingerprint density at radius 3 is 2.59 bits per heavy atom. The van der Waals surface area contributed by atoms with Crippen molar-refractivity contribution in [2.45, 2.75) is 26.4 Å². The van der Waals surface area contributed by atoms with Crippen molar-refractivity contribution in [1.82, 2.24) is 15.5 Å². The number of para-hydroxylation sites is 1. The highest BCUT2D eigenvalue weighted by Gasteiger charge is 2.23. The molecule has 0 aliphatic rings. The van der Waals surface area contributed by atoms with Crippen molar-refractivity contribution in [1.29, 1.82) is 0 Å². The fraction of sp³-hybridized carbons (Fsp3) is 0.333. The number of aromatic nitrogens is 2. The van der Waals surface area contributed by atoms with E-state index < -0.39 is 24.5 Å². The van der Waals surface area contributed by atoms with E-state index in [1.165, 1.54) is 19.2 Å². The summed E-state index contributed by atoms with van der Waals surface area (Å²) < 4.78 is 32.3. The van der Waals surface area contributed by atoms with Gasteiger partial charge in [0.25, 0.3) is 5.91 Å². The van der Waals surface area contributed by atoms with E-state index in [1.54, 1.807) is 32.9 Å². The molecule has 1 heterocycles. The van der Waals surface area contributed by atoms with Crippen LogP contribution in [0, 0.1) is 0 Å². The van der Waals surface area contributed by atoms with Crippen LogP contribution >= 0.6 is 11.6 Å². The summed E-state index contributed by atoms with van der Waals surface area (Å²) in [6, 6.07) is 6.00. The Kier molecular flexibility index (Phi) is 4.96. The SMILES string of the molecule is [2H]C([2H])([2H])NC(=O)c1nnc(Cl)cc1Nc1cccc(C(=O)OC(C)(C)C)c1OC. The molecule has 0 saturated carbocycles. The Morgan fingerprint density at radius 2 is 1.96 bits per heavy atom. The van der Waals surface area contributed by atoms with Crippen LogP contribution in [-0.4, -0.2) is 41.8 Å². The summed E-state index contributed by atoms with van der Waals surface area (Å²) >= 11 is 5.89. The maximum Gasteiger partial charge on any atom is 0.342 e. The fourth-order valence-electron chi connectivity index (χ4n) is 2.18. The van der Waals surface area contributed by atoms with E-state index in [4.69, 9.17) is 25.2 Å². The van der Waals surface area contributed by atoms with Crippen molar-refractivity contribution in [2.75, 3.05) is 19.4 Å². The number of hydrogen-bond acceptors (Lipinski definition) is 7. The third-order valence-electron chi connectivity index (χ3n) is 3.20. The second-order valence-corrected chi connectivity index (χ2v) is 6.78. The van der Waals surface area contributed by atoms with Crippen LogP contribution < -0.4 is 15.4 Å². The van der Waals surface area contributed by atoms with Gasteiger partial charge in [-0.2, -0.15) is 0 Å². The van der Waals surface area contributed by atoms with Crippen molar-refractivity contribution < 1.29 is 23.2 Å². The first-order valence-corrected chi connectivity index (χ1v) is 8.21. The van der Waals surface area contributed by atoms with E-state index in [9.17, 15) is 9.59 Å². The number of amides is 1. The molecule has 0 unspecified atom stereocenters. The van der Waals surface area contributed by atoms with Gasteiger partial charge in [0.2, 0.25) is 0 Å². The fourth-order valence-corrected chi connectivity index (χ4v) is 2.33. The summed E-state index contributed by atoms with van der Waals surface area (Å²) in [6.07, 6.45) is 0. The van der Waals surface area contributed by atoms with Crippen LogP contribution in [0.15, 0.2) is 24.3 Å². The average molecular weight is 396 g/mol. The second kappa shape index (κ2) is 8.22. The Bertz CT molecular complexity index is 961. The number of benzene rings is 1. The lowest BCUT2D eigenvalue weighted by Crippen LogP contribution is -2.24. The van der Waals surface area contributed by atoms with Gasteiger partial charge in [-0.05, 0) is 32.9 Å². The van der Waals surface area contributed by atoms with E-state index in [0.717, 1.165) is 0 Å². The van der Waals surface area contributed by atoms with Gasteiger partial charge in [-0.1, -0.05) is 17.7 Å². The molecule has 2 rings (SSSR count). The summed E-state index contributed by atoms with van der Waals surface area (Å²) in [7, 11) is 1.37. The van der Waals surface area contributed by atoms with Crippen molar-refractivity contribution in [3.63, 3.8) is 0 Å². The molecule has 0 saturated heterocycles. The molecule has 1 aromatic heterocycles. The van der Waals surface area contributed by atoms with Gasteiger partial charge in [0.1, 0.15) is 11.2 Å². The molecule has 2 N–H and O–H groups in total. The van der Waals surface area contributed by atoms with Crippen LogP contribution in [0.2, 0.25) is 5.15 Å². The Morgan fingerprint density at radius 1 is 1.22 bits per heavy atom. The van der Waals surface area contributed by atoms with Crippen molar-refractivity contribution in [2.24, 2.45) is 0 Å². The predicted octanol–water partition coefficient (Wildman–Crippen LogP) is 3.20. The quantitative estimate of drug-likeness (QED) is 0.749. The van der Waals surface area contributed by atoms with Crippen molar-refractivity contribution in [3.05, 3.63) is 40.7 Å². The first-order chi connectivity index (χ1) is 13.8. The van der Waals surface area contributed by atoms with Gasteiger partial charge in [-0.3, -0.25) is 4.79 Å². The smallest absolute Gasteiger partial charge is 0.342 e. The molecule has 27 heavy (non-hydrogen) atoms. The van der Waals surface area contributed by atoms with E-state index in [1.807, 2.05) is 5.32 Å². The van der Waals surface area contributed by atoms with Crippen molar-refractivity contribution in [3.8, 4) is 5.75 Å². The van der Waals surface area contributed by atoms with Crippen molar-refractivity contribution >= 4 is 34.9 Å². The first kappa shape index (κ1) is 16.3. The average Bonchev–Trinajstić information content (AvgIpc) is 2.58. The van der Waals surface area contributed by atoms with E-state index in [0.29, 0.717) is 5.69 Å². The first-order valence-electron chi connectivity index (χ1n) is 9.34. The standard InChI is InChI=1S/C18H21ClN4O4/c1-18(2,3)27-17(25)10-7-6-8-11(15(10)26-5)21-12-9-13(19)22-23-14(12)16(24)20-4/h6-9H,1-5H3,(H,20,24)(H,21,22)/i4D3. The molecule has 0 fully saturated rings. The molecule has 0 atom stereocenters. The highest BCUT2D eigenvalue weighted by Crippen LogP contribution is 2.33. The van der Waals surface area contributed by atoms with E-state index in [-0.39, 0.29) is 27.8 Å². The number of anilines is 2. The van der Waals surface area contributed by atoms with Crippen LogP contribution in [-0.2, 0) is 4.74 Å². The number of carbonyl (C=O) groups is 2. The van der Waals surface area contributed by atoms with Crippen LogP contribution in [0.25, 0.3) is 0 Å². The maximum absolute atomic E-state index is 12.5. The number of nitrogens with one attached hydrogen (secondary N) is 2. The van der Waals surface area contributed by atoms with E-state index >= 15 is 0 Å². The minimum Gasteiger partial charge on any atom is -0.494 e. The number of methoxy groups -OCH3 is 1. The van der Waals surface area contributed by atoms with Gasteiger partial charge in [0.15, 0.2) is 16.6 Å². The number of rotatable bonds is 5. The zero-order chi connectivity index (χ0) is 22.7. The van der Waals surface area contributed by atoms with Gasteiger partial charge >= 0.3 is 5.97 Å². The number of esters is 1. The zero-order valence-electron chi connectivity index (χ0n) is 18.2. The van der Waals surface area contributed by atoms with Gasteiger partial charge in [0, 0.05) is 17.2 Å².